The molecule has 0 spiro atoms. The summed E-state index contributed by atoms with van der Waals surface area (Å²) in [5.41, 5.74) is 0. The molecular formula is C6H4F2S. The fourth-order valence-electron chi connectivity index (χ4n) is 0.424. The second kappa shape index (κ2) is 2.82. The van der Waals surface area contributed by atoms with Gasteiger partial charge in [0, 0.05) is 0 Å². The molecule has 0 amide bonds. The SMILES string of the molecule is FC1=CC=CC=C(F)S1. The number of hydrogen-bond acceptors (Lipinski definition) is 1. The van der Waals surface area contributed by atoms with E-state index in [1.807, 2.05) is 0 Å². The van der Waals surface area contributed by atoms with Crippen molar-refractivity contribution in [3.05, 3.63) is 34.6 Å². The summed E-state index contributed by atoms with van der Waals surface area (Å²) in [4.78, 5) is 0. The Labute approximate surface area is 55.9 Å². The molecule has 0 saturated heterocycles. The Bertz CT molecular complexity index is 171. The summed E-state index contributed by atoms with van der Waals surface area (Å²) in [6.45, 7) is 0. The van der Waals surface area contributed by atoms with E-state index in [1.54, 1.807) is 0 Å². The Morgan fingerprint density at radius 2 is 1.44 bits per heavy atom. The van der Waals surface area contributed by atoms with Crippen molar-refractivity contribution in [3.63, 3.8) is 0 Å². The molecule has 0 unspecified atom stereocenters. The fraction of sp³-hybridized carbons (Fsp3) is 0. The second-order valence-electron chi connectivity index (χ2n) is 1.43. The van der Waals surface area contributed by atoms with Crippen LogP contribution in [0, 0.1) is 0 Å². The normalized spacial score (nSPS) is 18.4. The average molecular weight is 146 g/mol. The summed E-state index contributed by atoms with van der Waals surface area (Å²) in [5.74, 6) is 0. The maximum atomic E-state index is 12.2. The van der Waals surface area contributed by atoms with E-state index in [4.69, 9.17) is 0 Å². The van der Waals surface area contributed by atoms with Gasteiger partial charge in [0.05, 0.1) is 0 Å². The lowest BCUT2D eigenvalue weighted by atomic mass is 10.5. The van der Waals surface area contributed by atoms with Gasteiger partial charge in [0.15, 0.2) is 10.3 Å². The monoisotopic (exact) mass is 146 g/mol. The molecule has 3 heteroatoms. The largest absolute Gasteiger partial charge is 0.199 e. The van der Waals surface area contributed by atoms with Gasteiger partial charge in [-0.05, 0) is 23.9 Å². The maximum absolute atomic E-state index is 12.2. The first-order valence-electron chi connectivity index (χ1n) is 2.36. The highest BCUT2D eigenvalue weighted by Crippen LogP contribution is 2.28. The molecule has 1 heterocycles. The van der Waals surface area contributed by atoms with Gasteiger partial charge in [-0.1, -0.05) is 12.2 Å². The molecule has 0 N–H and O–H groups in total. The summed E-state index contributed by atoms with van der Waals surface area (Å²) >= 11 is 0.488. The Morgan fingerprint density at radius 3 is 1.89 bits per heavy atom. The van der Waals surface area contributed by atoms with Crippen LogP contribution >= 0.6 is 11.8 Å². The van der Waals surface area contributed by atoms with Crippen LogP contribution in [0.25, 0.3) is 0 Å². The summed E-state index contributed by atoms with van der Waals surface area (Å²) in [6, 6.07) is 0. The molecule has 0 radical (unpaired) electrons. The van der Waals surface area contributed by atoms with Crippen LogP contribution in [0.3, 0.4) is 0 Å². The van der Waals surface area contributed by atoms with E-state index >= 15 is 0 Å². The summed E-state index contributed by atoms with van der Waals surface area (Å²) < 4.78 is 24.4. The van der Waals surface area contributed by atoms with Crippen LogP contribution in [-0.4, -0.2) is 0 Å². The van der Waals surface area contributed by atoms with Gasteiger partial charge in [-0.15, -0.1) is 0 Å². The van der Waals surface area contributed by atoms with Gasteiger partial charge in [-0.2, -0.15) is 8.78 Å². The topological polar surface area (TPSA) is 0 Å². The number of allylic oxidation sites excluding steroid dienone is 4. The van der Waals surface area contributed by atoms with Gasteiger partial charge in [0.2, 0.25) is 0 Å². The van der Waals surface area contributed by atoms with E-state index in [-0.39, 0.29) is 0 Å². The highest BCUT2D eigenvalue weighted by atomic mass is 32.2. The van der Waals surface area contributed by atoms with E-state index in [0.29, 0.717) is 11.8 Å². The third kappa shape index (κ3) is 2.01. The first-order chi connectivity index (χ1) is 4.29. The van der Waals surface area contributed by atoms with Gasteiger partial charge < -0.3 is 0 Å². The molecule has 0 atom stereocenters. The zero-order chi connectivity index (χ0) is 6.69. The fourth-order valence-corrected chi connectivity index (χ4v) is 0.903. The molecule has 0 nitrogen and oxygen atoms in total. The van der Waals surface area contributed by atoms with Crippen molar-refractivity contribution in [2.45, 2.75) is 0 Å². The molecule has 9 heavy (non-hydrogen) atoms. The molecule has 0 aromatic carbocycles. The summed E-state index contributed by atoms with van der Waals surface area (Å²) in [6.07, 6.45) is 5.34. The van der Waals surface area contributed by atoms with Crippen molar-refractivity contribution >= 4 is 11.8 Å². The van der Waals surface area contributed by atoms with E-state index < -0.39 is 10.3 Å². The second-order valence-corrected chi connectivity index (χ2v) is 2.41. The van der Waals surface area contributed by atoms with Crippen LogP contribution in [-0.2, 0) is 0 Å². The smallest absolute Gasteiger partial charge is 0.163 e. The lowest BCUT2D eigenvalue weighted by molar-refractivity contribution is 0.682. The Kier molecular flexibility index (Phi) is 2.05. The third-order valence-corrected chi connectivity index (χ3v) is 1.42. The van der Waals surface area contributed by atoms with Crippen LogP contribution in [0.4, 0.5) is 8.78 Å². The number of rotatable bonds is 0. The molecule has 0 bridgehead atoms. The standard InChI is InChI=1S/C6H4F2S/c7-5-3-1-2-4-6(8)9-5/h1-4H. The summed E-state index contributed by atoms with van der Waals surface area (Å²) in [5, 5.41) is -1.03. The van der Waals surface area contributed by atoms with Crippen molar-refractivity contribution in [2.24, 2.45) is 0 Å². The van der Waals surface area contributed by atoms with E-state index in [0.717, 1.165) is 0 Å². The minimum Gasteiger partial charge on any atom is -0.199 e. The molecule has 0 aromatic rings. The first kappa shape index (κ1) is 6.55. The van der Waals surface area contributed by atoms with Gasteiger partial charge in [0.25, 0.3) is 0 Å². The Hall–Kier alpha value is -0.570. The van der Waals surface area contributed by atoms with Crippen molar-refractivity contribution in [2.75, 3.05) is 0 Å². The zero-order valence-corrected chi connectivity index (χ0v) is 5.29. The van der Waals surface area contributed by atoms with Crippen molar-refractivity contribution in [1.82, 2.24) is 0 Å². The highest BCUT2D eigenvalue weighted by molar-refractivity contribution is 8.06. The van der Waals surface area contributed by atoms with Crippen LogP contribution < -0.4 is 0 Å². The van der Waals surface area contributed by atoms with Crippen LogP contribution in [0.1, 0.15) is 0 Å². The quantitative estimate of drug-likeness (QED) is 0.506. The van der Waals surface area contributed by atoms with Gasteiger partial charge in [-0.3, -0.25) is 0 Å². The van der Waals surface area contributed by atoms with Crippen molar-refractivity contribution < 1.29 is 8.78 Å². The number of hydrogen-bond donors (Lipinski definition) is 0. The predicted octanol–water partition coefficient (Wildman–Crippen LogP) is 2.91. The molecular weight excluding hydrogens is 142 g/mol. The molecule has 0 saturated carbocycles. The highest BCUT2D eigenvalue weighted by Gasteiger charge is 2.00. The zero-order valence-electron chi connectivity index (χ0n) is 4.47. The van der Waals surface area contributed by atoms with Crippen LogP contribution in [0.15, 0.2) is 34.6 Å². The first-order valence-corrected chi connectivity index (χ1v) is 3.18. The molecule has 0 aromatic heterocycles. The predicted molar refractivity (Wildman–Crippen MR) is 35.1 cm³/mol. The van der Waals surface area contributed by atoms with Crippen molar-refractivity contribution in [3.8, 4) is 0 Å². The molecule has 1 aliphatic heterocycles. The van der Waals surface area contributed by atoms with E-state index in [2.05, 4.69) is 0 Å². The molecule has 1 aliphatic rings. The van der Waals surface area contributed by atoms with Gasteiger partial charge in [-0.25, -0.2) is 0 Å². The molecule has 48 valence electrons. The Morgan fingerprint density at radius 1 is 1.00 bits per heavy atom. The molecule has 0 aliphatic carbocycles. The van der Waals surface area contributed by atoms with Gasteiger partial charge in [0.1, 0.15) is 0 Å². The summed E-state index contributed by atoms with van der Waals surface area (Å²) in [7, 11) is 0. The lowest BCUT2D eigenvalue weighted by Crippen LogP contribution is -1.60. The third-order valence-electron chi connectivity index (χ3n) is 0.761. The number of thioether (sulfide) groups is 1. The minimum atomic E-state index is -0.516. The van der Waals surface area contributed by atoms with E-state index in [9.17, 15) is 8.78 Å². The van der Waals surface area contributed by atoms with Gasteiger partial charge >= 0.3 is 0 Å². The Balaban J connectivity index is 2.77. The minimum absolute atomic E-state index is 0.488. The maximum Gasteiger partial charge on any atom is 0.163 e. The number of halogens is 2. The van der Waals surface area contributed by atoms with Crippen LogP contribution in [0.2, 0.25) is 0 Å². The molecule has 1 rings (SSSR count). The van der Waals surface area contributed by atoms with Crippen molar-refractivity contribution in [1.29, 1.82) is 0 Å². The average Bonchev–Trinajstić information content (AvgIpc) is 1.93. The van der Waals surface area contributed by atoms with E-state index in [1.165, 1.54) is 24.3 Å². The lowest BCUT2D eigenvalue weighted by Gasteiger charge is -1.87. The molecule has 0 fully saturated rings. The van der Waals surface area contributed by atoms with Crippen LogP contribution in [0.5, 0.6) is 0 Å².